The highest BCUT2D eigenvalue weighted by Gasteiger charge is 2.23. The van der Waals surface area contributed by atoms with Crippen molar-refractivity contribution >= 4 is 29.9 Å². The Bertz CT molecular complexity index is 873. The van der Waals surface area contributed by atoms with Gasteiger partial charge < -0.3 is 29.6 Å². The third kappa shape index (κ3) is 7.38. The van der Waals surface area contributed by atoms with Gasteiger partial charge >= 0.3 is 0 Å². The number of aliphatic imine (C=N–C) groups is 1. The Kier molecular flexibility index (Phi) is 11.6. The van der Waals surface area contributed by atoms with E-state index in [0.717, 1.165) is 49.3 Å². The number of morpholine rings is 1. The van der Waals surface area contributed by atoms with Crippen molar-refractivity contribution in [3.63, 3.8) is 0 Å². The number of ether oxygens (including phenoxy) is 4. The summed E-state index contributed by atoms with van der Waals surface area (Å²) in [5.41, 5.74) is 2.22. The monoisotopic (exact) mass is 570 g/mol. The predicted octanol–water partition coefficient (Wildman–Crippen LogP) is 3.07. The maximum Gasteiger partial charge on any atom is 0.191 e. The second-order valence-corrected chi connectivity index (χ2v) is 7.40. The van der Waals surface area contributed by atoms with Gasteiger partial charge in [0.15, 0.2) is 17.5 Å². The van der Waals surface area contributed by atoms with Crippen LogP contribution < -0.4 is 24.8 Å². The molecule has 2 N–H and O–H groups in total. The molecular weight excluding hydrogens is 535 g/mol. The number of benzene rings is 2. The molecule has 1 aliphatic heterocycles. The molecule has 0 amide bonds. The van der Waals surface area contributed by atoms with Gasteiger partial charge in [-0.15, -0.1) is 24.0 Å². The SMILES string of the molecule is CN=C(NCc1cccc(OC)c1OC)NCC(c1ccc(OC)cc1)N1CCOCC1.I. The molecule has 1 unspecified atom stereocenters. The number of hydrogen-bond acceptors (Lipinski definition) is 6. The first-order valence-electron chi connectivity index (χ1n) is 10.8. The second-order valence-electron chi connectivity index (χ2n) is 7.40. The highest BCUT2D eigenvalue weighted by atomic mass is 127. The van der Waals surface area contributed by atoms with Crippen LogP contribution in [-0.2, 0) is 11.3 Å². The third-order valence-corrected chi connectivity index (χ3v) is 5.60. The number of hydrogen-bond donors (Lipinski definition) is 2. The van der Waals surface area contributed by atoms with Gasteiger partial charge in [0.1, 0.15) is 5.75 Å². The highest BCUT2D eigenvalue weighted by Crippen LogP contribution is 2.30. The van der Waals surface area contributed by atoms with Gasteiger partial charge in [0.25, 0.3) is 0 Å². The summed E-state index contributed by atoms with van der Waals surface area (Å²) in [4.78, 5) is 6.84. The molecule has 8 nitrogen and oxygen atoms in total. The fourth-order valence-electron chi connectivity index (χ4n) is 3.86. The van der Waals surface area contributed by atoms with E-state index in [9.17, 15) is 0 Å². The van der Waals surface area contributed by atoms with E-state index in [4.69, 9.17) is 18.9 Å². The number of nitrogens with zero attached hydrogens (tertiary/aromatic N) is 2. The van der Waals surface area contributed by atoms with Crippen LogP contribution in [0.1, 0.15) is 17.2 Å². The predicted molar refractivity (Wildman–Crippen MR) is 141 cm³/mol. The maximum absolute atomic E-state index is 5.56. The van der Waals surface area contributed by atoms with Gasteiger partial charge in [0.05, 0.1) is 40.6 Å². The summed E-state index contributed by atoms with van der Waals surface area (Å²) in [7, 11) is 6.75. The molecule has 1 heterocycles. The second kappa shape index (κ2) is 14.1. The van der Waals surface area contributed by atoms with Crippen LogP contribution in [0.3, 0.4) is 0 Å². The summed E-state index contributed by atoms with van der Waals surface area (Å²) in [5, 5.41) is 6.86. The first-order valence-corrected chi connectivity index (χ1v) is 10.8. The number of nitrogens with one attached hydrogen (secondary N) is 2. The Hall–Kier alpha value is -2.24. The largest absolute Gasteiger partial charge is 0.497 e. The van der Waals surface area contributed by atoms with E-state index in [1.54, 1.807) is 28.4 Å². The molecule has 0 radical (unpaired) electrons. The van der Waals surface area contributed by atoms with Gasteiger partial charge in [-0.1, -0.05) is 24.3 Å². The standard InChI is InChI=1S/C24H34N4O4.HI/c1-25-24(26-16-19-6-5-7-22(30-3)23(19)31-4)27-17-21(28-12-14-32-15-13-28)18-8-10-20(29-2)11-9-18;/h5-11,21H,12-17H2,1-4H3,(H2,25,26,27);1H. The van der Waals surface area contributed by atoms with E-state index in [0.29, 0.717) is 18.8 Å². The molecule has 0 bridgehead atoms. The van der Waals surface area contributed by atoms with Crippen molar-refractivity contribution in [2.75, 3.05) is 61.2 Å². The molecular formula is C24H35IN4O4. The van der Waals surface area contributed by atoms with Crippen molar-refractivity contribution in [1.29, 1.82) is 0 Å². The van der Waals surface area contributed by atoms with Gasteiger partial charge in [-0.2, -0.15) is 0 Å². The average Bonchev–Trinajstić information content (AvgIpc) is 2.86. The lowest BCUT2D eigenvalue weighted by Gasteiger charge is -2.35. The molecule has 1 aliphatic rings. The van der Waals surface area contributed by atoms with Crippen LogP contribution in [0.5, 0.6) is 17.2 Å². The van der Waals surface area contributed by atoms with Crippen LogP contribution >= 0.6 is 24.0 Å². The lowest BCUT2D eigenvalue weighted by molar-refractivity contribution is 0.0170. The fraction of sp³-hybridized carbons (Fsp3) is 0.458. The first kappa shape index (κ1) is 27.0. The van der Waals surface area contributed by atoms with Crippen molar-refractivity contribution < 1.29 is 18.9 Å². The maximum atomic E-state index is 5.56. The molecule has 33 heavy (non-hydrogen) atoms. The van der Waals surface area contributed by atoms with E-state index in [1.165, 1.54) is 5.56 Å². The van der Waals surface area contributed by atoms with Crippen LogP contribution in [-0.4, -0.2) is 72.1 Å². The van der Waals surface area contributed by atoms with E-state index in [1.807, 2.05) is 30.3 Å². The lowest BCUT2D eigenvalue weighted by atomic mass is 10.0. The van der Waals surface area contributed by atoms with Crippen molar-refractivity contribution in [2.24, 2.45) is 4.99 Å². The average molecular weight is 570 g/mol. The topological polar surface area (TPSA) is 76.6 Å². The van der Waals surface area contributed by atoms with Crippen molar-refractivity contribution in [3.8, 4) is 17.2 Å². The summed E-state index contributed by atoms with van der Waals surface area (Å²) >= 11 is 0. The Balaban J connectivity index is 0.00000385. The van der Waals surface area contributed by atoms with Crippen LogP contribution in [0.15, 0.2) is 47.5 Å². The van der Waals surface area contributed by atoms with Gasteiger partial charge in [-0.05, 0) is 23.8 Å². The van der Waals surface area contributed by atoms with Gasteiger partial charge in [-0.25, -0.2) is 0 Å². The number of halogens is 1. The zero-order valence-electron chi connectivity index (χ0n) is 19.8. The van der Waals surface area contributed by atoms with Crippen molar-refractivity contribution in [2.45, 2.75) is 12.6 Å². The van der Waals surface area contributed by atoms with E-state index in [2.05, 4.69) is 32.7 Å². The smallest absolute Gasteiger partial charge is 0.191 e. The van der Waals surface area contributed by atoms with Crippen molar-refractivity contribution in [1.82, 2.24) is 15.5 Å². The summed E-state index contributed by atoms with van der Waals surface area (Å²) in [6.45, 7) is 4.55. The van der Waals surface area contributed by atoms with E-state index >= 15 is 0 Å². The molecule has 1 atom stereocenters. The summed E-state index contributed by atoms with van der Waals surface area (Å²) in [6, 6.07) is 14.3. The van der Waals surface area contributed by atoms with Gasteiger partial charge in [0, 0.05) is 38.8 Å². The quantitative estimate of drug-likeness (QED) is 0.273. The highest BCUT2D eigenvalue weighted by molar-refractivity contribution is 14.0. The molecule has 9 heteroatoms. The van der Waals surface area contributed by atoms with Crippen molar-refractivity contribution in [3.05, 3.63) is 53.6 Å². The minimum atomic E-state index is 0. The van der Waals surface area contributed by atoms with Gasteiger partial charge in [0.2, 0.25) is 0 Å². The Morgan fingerprint density at radius 1 is 1.00 bits per heavy atom. The number of para-hydroxylation sites is 1. The molecule has 0 aromatic heterocycles. The molecule has 182 valence electrons. The molecule has 0 saturated carbocycles. The van der Waals surface area contributed by atoms with Crippen LogP contribution in [0.2, 0.25) is 0 Å². The minimum absolute atomic E-state index is 0. The molecule has 0 spiro atoms. The zero-order valence-corrected chi connectivity index (χ0v) is 22.1. The Morgan fingerprint density at radius 3 is 2.33 bits per heavy atom. The summed E-state index contributed by atoms with van der Waals surface area (Å²) in [5.74, 6) is 3.01. The number of guanidine groups is 1. The molecule has 3 rings (SSSR count). The third-order valence-electron chi connectivity index (χ3n) is 5.60. The van der Waals surface area contributed by atoms with E-state index < -0.39 is 0 Å². The van der Waals surface area contributed by atoms with Crippen LogP contribution in [0.4, 0.5) is 0 Å². The summed E-state index contributed by atoms with van der Waals surface area (Å²) in [6.07, 6.45) is 0. The minimum Gasteiger partial charge on any atom is -0.497 e. The normalized spacial score (nSPS) is 15.2. The lowest BCUT2D eigenvalue weighted by Crippen LogP contribution is -2.46. The number of rotatable bonds is 9. The molecule has 2 aromatic rings. The molecule has 0 aliphatic carbocycles. The Morgan fingerprint density at radius 2 is 1.73 bits per heavy atom. The zero-order chi connectivity index (χ0) is 22.8. The van der Waals surface area contributed by atoms with Crippen LogP contribution in [0.25, 0.3) is 0 Å². The van der Waals surface area contributed by atoms with Gasteiger partial charge in [-0.3, -0.25) is 9.89 Å². The van der Waals surface area contributed by atoms with Crippen LogP contribution in [0, 0.1) is 0 Å². The molecule has 1 saturated heterocycles. The number of methoxy groups -OCH3 is 3. The fourth-order valence-corrected chi connectivity index (χ4v) is 3.86. The molecule has 2 aromatic carbocycles. The van der Waals surface area contributed by atoms with E-state index in [-0.39, 0.29) is 30.0 Å². The molecule has 1 fully saturated rings. The first-order chi connectivity index (χ1) is 15.7. The Labute approximate surface area is 213 Å². The summed E-state index contributed by atoms with van der Waals surface area (Å²) < 4.78 is 21.8.